The summed E-state index contributed by atoms with van der Waals surface area (Å²) in [5.74, 6) is 1.85. The molecule has 2 aromatic rings. The average Bonchev–Trinajstić information content (AvgIpc) is 2.99. The minimum Gasteiger partial charge on any atom is -0.461 e. The second-order valence-corrected chi connectivity index (χ2v) is 3.99. The van der Waals surface area contributed by atoms with Crippen LogP contribution >= 0.6 is 12.4 Å². The molecule has 0 amide bonds. The topological polar surface area (TPSA) is 64.1 Å². The number of hydrogen-bond donors (Lipinski definition) is 1. The number of hydrogen-bond acceptors (Lipinski definition) is 5. The van der Waals surface area contributed by atoms with Gasteiger partial charge < -0.3 is 14.3 Å². The molecular weight excluding hydrogens is 242 g/mol. The molecule has 0 spiro atoms. The van der Waals surface area contributed by atoms with E-state index in [0.717, 1.165) is 13.0 Å². The Bertz CT molecular complexity index is 449. The molecule has 1 aliphatic rings. The van der Waals surface area contributed by atoms with Crippen molar-refractivity contribution in [2.24, 2.45) is 0 Å². The zero-order chi connectivity index (χ0) is 10.8. The molecule has 1 aliphatic heterocycles. The summed E-state index contributed by atoms with van der Waals surface area (Å²) in [5, 5.41) is 7.29. The van der Waals surface area contributed by atoms with E-state index < -0.39 is 0 Å². The van der Waals surface area contributed by atoms with Gasteiger partial charge in [-0.2, -0.15) is 4.98 Å². The molecule has 2 aromatic heterocycles. The number of halogens is 1. The molecular formula is C11H14ClN3O2. The Balaban J connectivity index is 0.00000108. The SMILES string of the molecule is Cl.c1coc(-c2noc(CC3CCCN3)n2)c1. The van der Waals surface area contributed by atoms with Crippen molar-refractivity contribution in [1.82, 2.24) is 15.5 Å². The van der Waals surface area contributed by atoms with Gasteiger partial charge in [-0.25, -0.2) is 0 Å². The van der Waals surface area contributed by atoms with E-state index in [1.807, 2.05) is 12.1 Å². The lowest BCUT2D eigenvalue weighted by atomic mass is 10.1. The van der Waals surface area contributed by atoms with Crippen LogP contribution in [0, 0.1) is 0 Å². The predicted molar refractivity (Wildman–Crippen MR) is 64.0 cm³/mol. The van der Waals surface area contributed by atoms with E-state index in [4.69, 9.17) is 8.94 Å². The zero-order valence-corrected chi connectivity index (χ0v) is 10.1. The van der Waals surface area contributed by atoms with Gasteiger partial charge in [-0.3, -0.25) is 0 Å². The first-order valence-corrected chi connectivity index (χ1v) is 5.51. The van der Waals surface area contributed by atoms with Crippen LogP contribution in [0.2, 0.25) is 0 Å². The molecule has 1 fully saturated rings. The minimum atomic E-state index is 0. The zero-order valence-electron chi connectivity index (χ0n) is 9.26. The van der Waals surface area contributed by atoms with Gasteiger partial charge in [0.25, 0.3) is 0 Å². The van der Waals surface area contributed by atoms with E-state index in [0.29, 0.717) is 23.5 Å². The molecule has 3 rings (SSSR count). The quantitative estimate of drug-likeness (QED) is 0.909. The monoisotopic (exact) mass is 255 g/mol. The molecule has 0 radical (unpaired) electrons. The maximum absolute atomic E-state index is 5.20. The largest absolute Gasteiger partial charge is 0.461 e. The van der Waals surface area contributed by atoms with Gasteiger partial charge >= 0.3 is 0 Å². The molecule has 0 aromatic carbocycles. The normalized spacial score (nSPS) is 19.2. The lowest BCUT2D eigenvalue weighted by Gasteiger charge is -2.04. The highest BCUT2D eigenvalue weighted by Crippen LogP contribution is 2.17. The van der Waals surface area contributed by atoms with Crippen LogP contribution in [0.25, 0.3) is 11.6 Å². The molecule has 0 bridgehead atoms. The number of rotatable bonds is 3. The summed E-state index contributed by atoms with van der Waals surface area (Å²) in [4.78, 5) is 4.30. The first-order chi connectivity index (χ1) is 7.92. The van der Waals surface area contributed by atoms with E-state index in [-0.39, 0.29) is 12.4 Å². The summed E-state index contributed by atoms with van der Waals surface area (Å²) < 4.78 is 10.4. The number of aromatic nitrogens is 2. The lowest BCUT2D eigenvalue weighted by Crippen LogP contribution is -2.23. The van der Waals surface area contributed by atoms with Gasteiger partial charge in [0.1, 0.15) is 0 Å². The highest BCUT2D eigenvalue weighted by Gasteiger charge is 2.18. The van der Waals surface area contributed by atoms with Crippen molar-refractivity contribution < 1.29 is 8.94 Å². The van der Waals surface area contributed by atoms with Crippen molar-refractivity contribution in [3.05, 3.63) is 24.3 Å². The Morgan fingerprint density at radius 2 is 2.41 bits per heavy atom. The molecule has 0 saturated carbocycles. The van der Waals surface area contributed by atoms with Gasteiger partial charge in [-0.05, 0) is 31.5 Å². The molecule has 5 nitrogen and oxygen atoms in total. The molecule has 0 aliphatic carbocycles. The second-order valence-electron chi connectivity index (χ2n) is 3.99. The molecule has 6 heteroatoms. The molecule has 1 unspecified atom stereocenters. The minimum absolute atomic E-state index is 0. The third-order valence-corrected chi connectivity index (χ3v) is 2.79. The number of nitrogens with zero attached hydrogens (tertiary/aromatic N) is 2. The van der Waals surface area contributed by atoms with Crippen LogP contribution in [0.5, 0.6) is 0 Å². The van der Waals surface area contributed by atoms with Gasteiger partial charge in [0.2, 0.25) is 11.7 Å². The van der Waals surface area contributed by atoms with Crippen LogP contribution in [0.4, 0.5) is 0 Å². The van der Waals surface area contributed by atoms with Gasteiger partial charge in [-0.1, -0.05) is 5.16 Å². The fraction of sp³-hybridized carbons (Fsp3) is 0.455. The second kappa shape index (κ2) is 5.33. The molecule has 17 heavy (non-hydrogen) atoms. The van der Waals surface area contributed by atoms with Gasteiger partial charge in [0.05, 0.1) is 6.26 Å². The van der Waals surface area contributed by atoms with Crippen LogP contribution in [0.1, 0.15) is 18.7 Å². The van der Waals surface area contributed by atoms with Crippen molar-refractivity contribution in [3.8, 4) is 11.6 Å². The van der Waals surface area contributed by atoms with Crippen molar-refractivity contribution in [3.63, 3.8) is 0 Å². The molecule has 1 N–H and O–H groups in total. The smallest absolute Gasteiger partial charge is 0.238 e. The van der Waals surface area contributed by atoms with Crippen LogP contribution < -0.4 is 5.32 Å². The van der Waals surface area contributed by atoms with Crippen LogP contribution in [0.15, 0.2) is 27.3 Å². The highest BCUT2D eigenvalue weighted by atomic mass is 35.5. The van der Waals surface area contributed by atoms with Crippen LogP contribution in [-0.2, 0) is 6.42 Å². The molecule has 3 heterocycles. The predicted octanol–water partition coefficient (Wildman–Crippen LogP) is 2.05. The number of furan rings is 1. The summed E-state index contributed by atoms with van der Waals surface area (Å²) in [6.07, 6.45) is 4.81. The third-order valence-electron chi connectivity index (χ3n) is 2.79. The van der Waals surface area contributed by atoms with Crippen molar-refractivity contribution in [1.29, 1.82) is 0 Å². The first-order valence-electron chi connectivity index (χ1n) is 5.51. The van der Waals surface area contributed by atoms with E-state index in [1.54, 1.807) is 6.26 Å². The highest BCUT2D eigenvalue weighted by molar-refractivity contribution is 5.85. The Morgan fingerprint density at radius 1 is 1.47 bits per heavy atom. The van der Waals surface area contributed by atoms with E-state index in [1.165, 1.54) is 12.8 Å². The van der Waals surface area contributed by atoms with Gasteiger partial charge in [0, 0.05) is 12.5 Å². The standard InChI is InChI=1S/C11H13N3O2.ClH/c1-3-8(12-5-1)7-10-13-11(14-16-10)9-4-2-6-15-9;/h2,4,6,8,12H,1,3,5,7H2;1H. The van der Waals surface area contributed by atoms with Crippen LogP contribution in [-0.4, -0.2) is 22.7 Å². The van der Waals surface area contributed by atoms with Gasteiger partial charge in [-0.15, -0.1) is 12.4 Å². The fourth-order valence-electron chi connectivity index (χ4n) is 1.99. The lowest BCUT2D eigenvalue weighted by molar-refractivity contribution is 0.363. The maximum atomic E-state index is 5.20. The Hall–Kier alpha value is -1.33. The van der Waals surface area contributed by atoms with Crippen molar-refractivity contribution >= 4 is 12.4 Å². The molecule has 1 atom stereocenters. The van der Waals surface area contributed by atoms with E-state index >= 15 is 0 Å². The Morgan fingerprint density at radius 3 is 3.12 bits per heavy atom. The van der Waals surface area contributed by atoms with E-state index in [2.05, 4.69) is 15.5 Å². The van der Waals surface area contributed by atoms with E-state index in [9.17, 15) is 0 Å². The first kappa shape index (κ1) is 12.1. The summed E-state index contributed by atoms with van der Waals surface area (Å²) in [7, 11) is 0. The summed E-state index contributed by atoms with van der Waals surface area (Å²) >= 11 is 0. The molecule has 92 valence electrons. The fourth-order valence-corrected chi connectivity index (χ4v) is 1.99. The Kier molecular flexibility index (Phi) is 3.81. The third kappa shape index (κ3) is 2.68. The average molecular weight is 256 g/mol. The van der Waals surface area contributed by atoms with Crippen LogP contribution in [0.3, 0.4) is 0 Å². The number of nitrogens with one attached hydrogen (secondary N) is 1. The Labute approximate surface area is 105 Å². The maximum Gasteiger partial charge on any atom is 0.238 e. The summed E-state index contributed by atoms with van der Waals surface area (Å²) in [6, 6.07) is 4.11. The van der Waals surface area contributed by atoms with Crippen molar-refractivity contribution in [2.45, 2.75) is 25.3 Å². The summed E-state index contributed by atoms with van der Waals surface area (Å²) in [5.41, 5.74) is 0. The van der Waals surface area contributed by atoms with Crippen molar-refractivity contribution in [2.75, 3.05) is 6.54 Å². The van der Waals surface area contributed by atoms with Gasteiger partial charge in [0.15, 0.2) is 5.76 Å². The summed E-state index contributed by atoms with van der Waals surface area (Å²) in [6.45, 7) is 1.09. The molecule has 1 saturated heterocycles.